The van der Waals surface area contributed by atoms with Crippen LogP contribution in [0, 0.1) is 0 Å². The van der Waals surface area contributed by atoms with Crippen molar-refractivity contribution >= 4 is 5.71 Å². The van der Waals surface area contributed by atoms with Crippen LogP contribution in [0.1, 0.15) is 55.4 Å². The van der Waals surface area contributed by atoms with Crippen LogP contribution in [0.4, 0.5) is 0 Å². The van der Waals surface area contributed by atoms with Gasteiger partial charge in [-0.15, -0.1) is 0 Å². The number of nitrogens with zero attached hydrogens (tertiary/aromatic N) is 1. The van der Waals surface area contributed by atoms with Crippen molar-refractivity contribution in [3.63, 3.8) is 0 Å². The van der Waals surface area contributed by atoms with Gasteiger partial charge in [0.25, 0.3) is 0 Å². The lowest BCUT2D eigenvalue weighted by molar-refractivity contribution is 0.474. The zero-order chi connectivity index (χ0) is 12.3. The van der Waals surface area contributed by atoms with Crippen molar-refractivity contribution in [2.45, 2.75) is 66.5 Å². The standard InChI is InChI=1S/C13H26N2/c1-10(14-12(3,4)5)9-11(2)15-13(6,7)8/h9,14H,1-8H3/b10-9-,15-11?. The van der Waals surface area contributed by atoms with Crippen molar-refractivity contribution in [1.82, 2.24) is 5.32 Å². The van der Waals surface area contributed by atoms with Crippen molar-refractivity contribution in [2.75, 3.05) is 0 Å². The van der Waals surface area contributed by atoms with Crippen LogP contribution in [0.3, 0.4) is 0 Å². The van der Waals surface area contributed by atoms with Crippen LogP contribution in [-0.2, 0) is 0 Å². The van der Waals surface area contributed by atoms with Gasteiger partial charge in [0.15, 0.2) is 0 Å². The minimum absolute atomic E-state index is 0.00258. The van der Waals surface area contributed by atoms with Gasteiger partial charge in [-0.1, -0.05) is 0 Å². The van der Waals surface area contributed by atoms with Crippen LogP contribution in [0.2, 0.25) is 0 Å². The molecule has 0 rings (SSSR count). The fraction of sp³-hybridized carbons (Fsp3) is 0.769. The molecule has 0 saturated heterocycles. The molecular weight excluding hydrogens is 184 g/mol. The van der Waals surface area contributed by atoms with Gasteiger partial charge in [0.2, 0.25) is 0 Å². The molecule has 0 aromatic carbocycles. The van der Waals surface area contributed by atoms with Crippen molar-refractivity contribution in [3.05, 3.63) is 11.8 Å². The first-order valence-corrected chi connectivity index (χ1v) is 5.52. The fourth-order valence-corrected chi connectivity index (χ4v) is 1.50. The molecule has 0 aliphatic rings. The van der Waals surface area contributed by atoms with Gasteiger partial charge in [0, 0.05) is 16.9 Å². The molecule has 0 radical (unpaired) electrons. The zero-order valence-electron chi connectivity index (χ0n) is 11.5. The summed E-state index contributed by atoms with van der Waals surface area (Å²) in [6.07, 6.45) is 2.09. The molecule has 0 spiro atoms. The number of hydrogen-bond donors (Lipinski definition) is 1. The molecular formula is C13H26N2. The molecule has 0 saturated carbocycles. The highest BCUT2D eigenvalue weighted by atomic mass is 15.0. The van der Waals surface area contributed by atoms with Crippen molar-refractivity contribution in [3.8, 4) is 0 Å². The highest BCUT2D eigenvalue weighted by molar-refractivity contribution is 5.93. The first-order valence-electron chi connectivity index (χ1n) is 5.52. The Balaban J connectivity index is 4.57. The zero-order valence-corrected chi connectivity index (χ0v) is 11.5. The minimum atomic E-state index is 0.00258. The predicted molar refractivity (Wildman–Crippen MR) is 69.5 cm³/mol. The average molecular weight is 210 g/mol. The van der Waals surface area contributed by atoms with Crippen LogP contribution in [0.15, 0.2) is 16.8 Å². The Morgan fingerprint density at radius 3 is 1.80 bits per heavy atom. The Hall–Kier alpha value is -0.790. The van der Waals surface area contributed by atoms with E-state index in [1.165, 1.54) is 0 Å². The summed E-state index contributed by atoms with van der Waals surface area (Å²) in [5.41, 5.74) is 2.34. The maximum absolute atomic E-state index is 4.58. The molecule has 0 aromatic rings. The molecule has 15 heavy (non-hydrogen) atoms. The topological polar surface area (TPSA) is 24.4 Å². The van der Waals surface area contributed by atoms with Crippen LogP contribution in [-0.4, -0.2) is 16.8 Å². The largest absolute Gasteiger partial charge is 0.384 e. The van der Waals surface area contributed by atoms with Gasteiger partial charge in [0.1, 0.15) is 0 Å². The van der Waals surface area contributed by atoms with Gasteiger partial charge < -0.3 is 5.32 Å². The van der Waals surface area contributed by atoms with Crippen LogP contribution in [0.25, 0.3) is 0 Å². The van der Waals surface area contributed by atoms with Crippen LogP contribution in [0.5, 0.6) is 0 Å². The smallest absolute Gasteiger partial charge is 0.0527 e. The SMILES string of the molecule is CC(/C=C(/C)NC(C)(C)C)=NC(C)(C)C. The van der Waals surface area contributed by atoms with E-state index >= 15 is 0 Å². The summed E-state index contributed by atoms with van der Waals surface area (Å²) < 4.78 is 0. The van der Waals surface area contributed by atoms with Gasteiger partial charge in [0.05, 0.1) is 5.54 Å². The van der Waals surface area contributed by atoms with Crippen molar-refractivity contribution < 1.29 is 0 Å². The quantitative estimate of drug-likeness (QED) is 0.693. The predicted octanol–water partition coefficient (Wildman–Crippen LogP) is 3.54. The molecule has 0 aromatic heterocycles. The first-order chi connectivity index (χ1) is 6.49. The molecule has 0 atom stereocenters. The number of aliphatic imine (C=N–C) groups is 1. The number of allylic oxidation sites excluding steroid dienone is 2. The van der Waals surface area contributed by atoms with Gasteiger partial charge in [-0.25, -0.2) is 0 Å². The average Bonchev–Trinajstić information content (AvgIpc) is 1.73. The molecule has 0 aliphatic heterocycles. The van der Waals surface area contributed by atoms with E-state index in [1.54, 1.807) is 0 Å². The van der Waals surface area contributed by atoms with E-state index in [1.807, 2.05) is 6.92 Å². The Morgan fingerprint density at radius 1 is 1.00 bits per heavy atom. The lowest BCUT2D eigenvalue weighted by atomic mass is 10.1. The van der Waals surface area contributed by atoms with Crippen LogP contribution >= 0.6 is 0 Å². The monoisotopic (exact) mass is 210 g/mol. The Labute approximate surface area is 94.9 Å². The second-order valence-electron chi connectivity index (χ2n) is 6.13. The van der Waals surface area contributed by atoms with Gasteiger partial charge in [-0.3, -0.25) is 4.99 Å². The summed E-state index contributed by atoms with van der Waals surface area (Å²) in [5.74, 6) is 0. The minimum Gasteiger partial charge on any atom is -0.384 e. The Morgan fingerprint density at radius 2 is 1.47 bits per heavy atom. The molecule has 0 amide bonds. The second-order valence-corrected chi connectivity index (χ2v) is 6.13. The summed E-state index contributed by atoms with van der Waals surface area (Å²) in [7, 11) is 0. The molecule has 0 bridgehead atoms. The van der Waals surface area contributed by atoms with E-state index in [9.17, 15) is 0 Å². The summed E-state index contributed by atoms with van der Waals surface area (Å²) >= 11 is 0. The molecule has 0 aliphatic carbocycles. The Kier molecular flexibility index (Phi) is 4.57. The summed E-state index contributed by atoms with van der Waals surface area (Å²) in [5, 5.41) is 3.42. The molecule has 0 fully saturated rings. The third-order valence-corrected chi connectivity index (χ3v) is 1.51. The van der Waals surface area contributed by atoms with Crippen molar-refractivity contribution in [2.24, 2.45) is 4.99 Å². The Bertz CT molecular complexity index is 259. The van der Waals surface area contributed by atoms with Crippen molar-refractivity contribution in [1.29, 1.82) is 0 Å². The molecule has 2 heteroatoms. The molecule has 0 heterocycles. The van der Waals surface area contributed by atoms with Gasteiger partial charge >= 0.3 is 0 Å². The summed E-state index contributed by atoms with van der Waals surface area (Å²) in [6.45, 7) is 16.9. The third kappa shape index (κ3) is 9.51. The maximum atomic E-state index is 4.58. The van der Waals surface area contributed by atoms with E-state index in [2.05, 4.69) is 64.9 Å². The van der Waals surface area contributed by atoms with Gasteiger partial charge in [-0.05, 0) is 61.5 Å². The third-order valence-electron chi connectivity index (χ3n) is 1.51. The highest BCUT2D eigenvalue weighted by Gasteiger charge is 2.09. The molecule has 88 valence electrons. The molecule has 2 nitrogen and oxygen atoms in total. The summed E-state index contributed by atoms with van der Waals surface area (Å²) in [4.78, 5) is 4.58. The first kappa shape index (κ1) is 14.2. The lowest BCUT2D eigenvalue weighted by Crippen LogP contribution is -2.34. The number of hydrogen-bond acceptors (Lipinski definition) is 2. The number of nitrogens with one attached hydrogen (secondary N) is 1. The van der Waals surface area contributed by atoms with E-state index in [0.717, 1.165) is 11.4 Å². The van der Waals surface area contributed by atoms with E-state index in [-0.39, 0.29) is 11.1 Å². The maximum Gasteiger partial charge on any atom is 0.0527 e. The van der Waals surface area contributed by atoms with Gasteiger partial charge in [-0.2, -0.15) is 0 Å². The molecule has 1 N–H and O–H groups in total. The van der Waals surface area contributed by atoms with E-state index in [4.69, 9.17) is 0 Å². The van der Waals surface area contributed by atoms with E-state index in [0.29, 0.717) is 0 Å². The fourth-order valence-electron chi connectivity index (χ4n) is 1.50. The van der Waals surface area contributed by atoms with Crippen LogP contribution < -0.4 is 5.32 Å². The normalized spacial score (nSPS) is 15.5. The lowest BCUT2D eigenvalue weighted by Gasteiger charge is -2.22. The number of rotatable bonds is 2. The molecule has 0 unspecified atom stereocenters. The second kappa shape index (κ2) is 4.82. The van der Waals surface area contributed by atoms with E-state index < -0.39 is 0 Å². The highest BCUT2D eigenvalue weighted by Crippen LogP contribution is 2.08. The summed E-state index contributed by atoms with van der Waals surface area (Å²) in [6, 6.07) is 0.